The Hall–Kier alpha value is -2.21. The highest BCUT2D eigenvalue weighted by Crippen LogP contribution is 2.38. The molecule has 2 fully saturated rings. The minimum absolute atomic E-state index is 0.0958. The SMILES string of the molecule is O=C(c1ccc(CSc2ccccc2)o1)N1CCC2(CCCNC2=O)C1. The molecule has 1 N–H and O–H groups in total. The van der Waals surface area contributed by atoms with Gasteiger partial charge >= 0.3 is 0 Å². The topological polar surface area (TPSA) is 62.6 Å². The minimum atomic E-state index is -0.396. The summed E-state index contributed by atoms with van der Waals surface area (Å²) in [6, 6.07) is 13.7. The van der Waals surface area contributed by atoms with Crippen LogP contribution in [0.25, 0.3) is 0 Å². The van der Waals surface area contributed by atoms with Crippen molar-refractivity contribution in [3.63, 3.8) is 0 Å². The van der Waals surface area contributed by atoms with E-state index in [4.69, 9.17) is 4.42 Å². The molecule has 0 bridgehead atoms. The largest absolute Gasteiger partial charge is 0.455 e. The predicted octanol–water partition coefficient (Wildman–Crippen LogP) is 3.31. The van der Waals surface area contributed by atoms with E-state index < -0.39 is 5.41 Å². The van der Waals surface area contributed by atoms with Crippen molar-refractivity contribution in [3.8, 4) is 0 Å². The second-order valence-corrected chi connectivity index (χ2v) is 8.03. The Kier molecular flexibility index (Phi) is 4.76. The van der Waals surface area contributed by atoms with Crippen molar-refractivity contribution in [1.82, 2.24) is 10.2 Å². The van der Waals surface area contributed by atoms with E-state index in [2.05, 4.69) is 17.4 Å². The van der Waals surface area contributed by atoms with Crippen LogP contribution in [0.5, 0.6) is 0 Å². The first kappa shape index (κ1) is 17.2. The number of carbonyl (C=O) groups excluding carboxylic acids is 2. The number of thioether (sulfide) groups is 1. The zero-order valence-corrected chi connectivity index (χ0v) is 15.4. The number of likely N-dealkylation sites (tertiary alicyclic amines) is 1. The molecule has 4 rings (SSSR count). The zero-order valence-electron chi connectivity index (χ0n) is 14.6. The van der Waals surface area contributed by atoms with Crippen LogP contribution in [0.3, 0.4) is 0 Å². The first-order valence-electron chi connectivity index (χ1n) is 9.00. The first-order valence-corrected chi connectivity index (χ1v) is 9.99. The number of hydrogen-bond acceptors (Lipinski definition) is 4. The van der Waals surface area contributed by atoms with Gasteiger partial charge in [0.25, 0.3) is 5.91 Å². The smallest absolute Gasteiger partial charge is 0.289 e. The molecule has 26 heavy (non-hydrogen) atoms. The van der Waals surface area contributed by atoms with Gasteiger partial charge in [0.1, 0.15) is 5.76 Å². The van der Waals surface area contributed by atoms with Gasteiger partial charge in [0.15, 0.2) is 5.76 Å². The van der Waals surface area contributed by atoms with Crippen LogP contribution in [-0.4, -0.2) is 36.3 Å². The summed E-state index contributed by atoms with van der Waals surface area (Å²) in [4.78, 5) is 28.0. The average molecular weight is 370 g/mol. The molecule has 3 heterocycles. The van der Waals surface area contributed by atoms with Gasteiger partial charge in [0.2, 0.25) is 5.91 Å². The number of furan rings is 1. The summed E-state index contributed by atoms with van der Waals surface area (Å²) in [5.74, 6) is 1.81. The van der Waals surface area contributed by atoms with Crippen molar-refractivity contribution in [2.75, 3.05) is 19.6 Å². The number of benzene rings is 1. The highest BCUT2D eigenvalue weighted by Gasteiger charge is 2.47. The fourth-order valence-corrected chi connectivity index (χ4v) is 4.58. The van der Waals surface area contributed by atoms with Gasteiger partial charge in [-0.1, -0.05) is 18.2 Å². The summed E-state index contributed by atoms with van der Waals surface area (Å²) < 4.78 is 5.77. The van der Waals surface area contributed by atoms with Gasteiger partial charge < -0.3 is 14.6 Å². The van der Waals surface area contributed by atoms with Gasteiger partial charge in [-0.2, -0.15) is 0 Å². The van der Waals surface area contributed by atoms with Crippen molar-refractivity contribution in [2.24, 2.45) is 5.41 Å². The van der Waals surface area contributed by atoms with E-state index in [-0.39, 0.29) is 11.8 Å². The molecule has 2 aromatic rings. The van der Waals surface area contributed by atoms with Gasteiger partial charge in [-0.25, -0.2) is 0 Å². The van der Waals surface area contributed by atoms with Crippen LogP contribution in [0.15, 0.2) is 51.8 Å². The number of amides is 2. The van der Waals surface area contributed by atoms with Gasteiger partial charge in [-0.3, -0.25) is 9.59 Å². The van der Waals surface area contributed by atoms with E-state index in [0.29, 0.717) is 24.6 Å². The Morgan fingerprint density at radius 2 is 2.04 bits per heavy atom. The van der Waals surface area contributed by atoms with Crippen LogP contribution in [0.2, 0.25) is 0 Å². The zero-order chi connectivity index (χ0) is 18.0. The van der Waals surface area contributed by atoms with Crippen LogP contribution in [0.1, 0.15) is 35.6 Å². The monoisotopic (exact) mass is 370 g/mol. The summed E-state index contributed by atoms with van der Waals surface area (Å²) in [6.45, 7) is 1.85. The average Bonchev–Trinajstić information content (AvgIpc) is 3.31. The molecule has 1 aromatic carbocycles. The molecule has 0 saturated carbocycles. The third kappa shape index (κ3) is 3.38. The Morgan fingerprint density at radius 3 is 2.85 bits per heavy atom. The summed E-state index contributed by atoms with van der Waals surface area (Å²) in [7, 11) is 0. The quantitative estimate of drug-likeness (QED) is 0.839. The Labute approximate surface area is 157 Å². The van der Waals surface area contributed by atoms with Crippen LogP contribution >= 0.6 is 11.8 Å². The molecule has 1 spiro atoms. The lowest BCUT2D eigenvalue weighted by atomic mass is 9.79. The van der Waals surface area contributed by atoms with Crippen LogP contribution < -0.4 is 5.32 Å². The lowest BCUT2D eigenvalue weighted by Crippen LogP contribution is -2.47. The van der Waals surface area contributed by atoms with Gasteiger partial charge in [-0.05, 0) is 43.5 Å². The van der Waals surface area contributed by atoms with Crippen LogP contribution in [0, 0.1) is 5.41 Å². The highest BCUT2D eigenvalue weighted by molar-refractivity contribution is 7.98. The maximum Gasteiger partial charge on any atom is 0.289 e. The molecule has 0 aliphatic carbocycles. The Balaban J connectivity index is 1.38. The molecular weight excluding hydrogens is 348 g/mol. The molecule has 2 amide bonds. The second kappa shape index (κ2) is 7.19. The van der Waals surface area contributed by atoms with E-state index in [9.17, 15) is 9.59 Å². The van der Waals surface area contributed by atoms with Gasteiger partial charge in [0, 0.05) is 24.5 Å². The van der Waals surface area contributed by atoms with Crippen molar-refractivity contribution < 1.29 is 14.0 Å². The number of rotatable bonds is 4. The summed E-state index contributed by atoms with van der Waals surface area (Å²) >= 11 is 1.68. The molecule has 136 valence electrons. The third-order valence-corrected chi connectivity index (χ3v) is 6.27. The highest BCUT2D eigenvalue weighted by atomic mass is 32.2. The van der Waals surface area contributed by atoms with E-state index in [1.807, 2.05) is 24.3 Å². The van der Waals surface area contributed by atoms with Gasteiger partial charge in [0.05, 0.1) is 11.2 Å². The fourth-order valence-electron chi connectivity index (χ4n) is 3.76. The minimum Gasteiger partial charge on any atom is -0.455 e. The number of carbonyl (C=O) groups is 2. The first-order chi connectivity index (χ1) is 12.7. The molecule has 1 aromatic heterocycles. The van der Waals surface area contributed by atoms with Crippen molar-refractivity contribution >= 4 is 23.6 Å². The number of nitrogens with zero attached hydrogens (tertiary/aromatic N) is 1. The molecule has 2 aliphatic heterocycles. The van der Waals surface area contributed by atoms with E-state index in [0.717, 1.165) is 31.6 Å². The maximum atomic E-state index is 12.8. The van der Waals surface area contributed by atoms with E-state index in [1.165, 1.54) is 4.90 Å². The fraction of sp³-hybridized carbons (Fsp3) is 0.400. The molecule has 5 nitrogen and oxygen atoms in total. The second-order valence-electron chi connectivity index (χ2n) is 6.98. The standard InChI is InChI=1S/C20H22N2O3S/c23-18(22-12-10-20(14-22)9-4-11-21-19(20)24)17-8-7-15(25-17)13-26-16-5-2-1-3-6-16/h1-3,5-8H,4,9-14H2,(H,21,24). The van der Waals surface area contributed by atoms with Crippen LogP contribution in [0.4, 0.5) is 0 Å². The molecule has 6 heteroatoms. The Bertz CT molecular complexity index is 804. The summed E-state index contributed by atoms with van der Waals surface area (Å²) in [6.07, 6.45) is 2.58. The van der Waals surface area contributed by atoms with Crippen LogP contribution in [-0.2, 0) is 10.5 Å². The predicted molar refractivity (Wildman–Crippen MR) is 99.9 cm³/mol. The number of nitrogens with one attached hydrogen (secondary N) is 1. The Morgan fingerprint density at radius 1 is 1.19 bits per heavy atom. The molecule has 1 atom stereocenters. The van der Waals surface area contributed by atoms with E-state index >= 15 is 0 Å². The van der Waals surface area contributed by atoms with E-state index in [1.54, 1.807) is 22.7 Å². The summed E-state index contributed by atoms with van der Waals surface area (Å²) in [5.41, 5.74) is -0.396. The molecule has 2 aliphatic rings. The summed E-state index contributed by atoms with van der Waals surface area (Å²) in [5, 5.41) is 2.95. The van der Waals surface area contributed by atoms with Crippen molar-refractivity contribution in [2.45, 2.75) is 29.9 Å². The van der Waals surface area contributed by atoms with Crippen molar-refractivity contribution in [1.29, 1.82) is 0 Å². The van der Waals surface area contributed by atoms with Gasteiger partial charge in [-0.15, -0.1) is 11.8 Å². The van der Waals surface area contributed by atoms with Crippen molar-refractivity contribution in [3.05, 3.63) is 54.0 Å². The molecule has 0 radical (unpaired) electrons. The molecule has 2 saturated heterocycles. The number of piperidine rings is 1. The third-order valence-electron chi connectivity index (χ3n) is 5.24. The lowest BCUT2D eigenvalue weighted by Gasteiger charge is -2.31. The molecule has 1 unspecified atom stereocenters. The number of hydrogen-bond donors (Lipinski definition) is 1. The molecular formula is C20H22N2O3S. The lowest BCUT2D eigenvalue weighted by molar-refractivity contribution is -0.132. The maximum absolute atomic E-state index is 12.8. The normalized spacial score (nSPS) is 22.6.